The summed E-state index contributed by atoms with van der Waals surface area (Å²) in [5, 5.41) is 14.3. The normalized spacial score (nSPS) is 14.2. The van der Waals surface area contributed by atoms with Crippen LogP contribution in [0.25, 0.3) is 0 Å². The second kappa shape index (κ2) is 8.91. The highest BCUT2D eigenvalue weighted by molar-refractivity contribution is 7.99. The Labute approximate surface area is 188 Å². The van der Waals surface area contributed by atoms with E-state index in [1.54, 1.807) is 18.2 Å². The molecular formula is C22H21N5O4S. The van der Waals surface area contributed by atoms with E-state index < -0.39 is 11.9 Å². The van der Waals surface area contributed by atoms with Crippen molar-refractivity contribution in [2.75, 3.05) is 17.9 Å². The number of nitrogens with zero attached hydrogens (tertiary/aromatic N) is 3. The first-order chi connectivity index (χ1) is 15.7. The number of benzene rings is 2. The van der Waals surface area contributed by atoms with Gasteiger partial charge in [0.2, 0.25) is 12.7 Å². The van der Waals surface area contributed by atoms with E-state index in [4.69, 9.17) is 9.47 Å². The molecule has 3 aromatic rings. The predicted octanol–water partition coefficient (Wildman–Crippen LogP) is 3.37. The molecule has 2 aromatic carbocycles. The van der Waals surface area contributed by atoms with Crippen molar-refractivity contribution in [1.82, 2.24) is 20.1 Å². The van der Waals surface area contributed by atoms with Crippen molar-refractivity contribution >= 4 is 29.4 Å². The van der Waals surface area contributed by atoms with Crippen molar-refractivity contribution < 1.29 is 19.1 Å². The second-order valence-electron chi connectivity index (χ2n) is 7.55. The van der Waals surface area contributed by atoms with Crippen LogP contribution >= 0.6 is 11.8 Å². The number of carbonyl (C=O) groups is 2. The van der Waals surface area contributed by atoms with Crippen LogP contribution in [0.2, 0.25) is 0 Å². The third kappa shape index (κ3) is 4.70. The van der Waals surface area contributed by atoms with E-state index in [9.17, 15) is 9.59 Å². The molecule has 1 aromatic heterocycles. The fourth-order valence-electron chi connectivity index (χ4n) is 3.39. The number of hydrogen-bond donors (Lipinski definition) is 2. The quantitative estimate of drug-likeness (QED) is 0.530. The van der Waals surface area contributed by atoms with Crippen molar-refractivity contribution in [3.63, 3.8) is 0 Å². The largest absolute Gasteiger partial charge is 0.454 e. The maximum Gasteiger partial charge on any atom is 0.325 e. The van der Waals surface area contributed by atoms with Gasteiger partial charge in [0.05, 0.1) is 12.3 Å². The molecule has 0 atom stereocenters. The number of thioether (sulfide) groups is 1. The summed E-state index contributed by atoms with van der Waals surface area (Å²) in [6.45, 7) is 0.798. The van der Waals surface area contributed by atoms with Crippen molar-refractivity contribution in [3.8, 4) is 11.5 Å². The first-order valence-electron chi connectivity index (χ1n) is 10.3. The fraction of sp³-hybridized carbons (Fsp3) is 0.273. The van der Waals surface area contributed by atoms with Gasteiger partial charge in [0.15, 0.2) is 16.7 Å². The molecule has 2 N–H and O–H groups in total. The molecule has 0 saturated heterocycles. The van der Waals surface area contributed by atoms with Gasteiger partial charge in [-0.15, -0.1) is 10.2 Å². The van der Waals surface area contributed by atoms with Crippen LogP contribution in [0, 0.1) is 0 Å². The molecule has 32 heavy (non-hydrogen) atoms. The number of amides is 3. The Morgan fingerprint density at radius 2 is 1.88 bits per heavy atom. The maximum atomic E-state index is 12.3. The lowest BCUT2D eigenvalue weighted by Gasteiger charge is -2.10. The SMILES string of the molecule is O=C(CSc1nnc(C2CC2)n1Cc1ccccc1)NC(=O)Nc1ccc2c(c1)OCO2. The topological polar surface area (TPSA) is 107 Å². The molecule has 1 fully saturated rings. The van der Waals surface area contributed by atoms with Crippen molar-refractivity contribution in [3.05, 3.63) is 59.9 Å². The zero-order valence-corrected chi connectivity index (χ0v) is 17.9. The molecule has 10 heteroatoms. The Morgan fingerprint density at radius 1 is 1.06 bits per heavy atom. The Bertz CT molecular complexity index is 1150. The van der Waals surface area contributed by atoms with Gasteiger partial charge in [-0.25, -0.2) is 4.79 Å². The van der Waals surface area contributed by atoms with Crippen LogP contribution in [0.1, 0.15) is 30.1 Å². The summed E-state index contributed by atoms with van der Waals surface area (Å²) < 4.78 is 12.6. The Hall–Kier alpha value is -3.53. The van der Waals surface area contributed by atoms with Gasteiger partial charge >= 0.3 is 6.03 Å². The minimum Gasteiger partial charge on any atom is -0.454 e. The van der Waals surface area contributed by atoms with E-state index in [1.807, 2.05) is 18.2 Å². The molecule has 0 spiro atoms. The average Bonchev–Trinajstić information content (AvgIpc) is 3.39. The highest BCUT2D eigenvalue weighted by Gasteiger charge is 2.30. The fourth-order valence-corrected chi connectivity index (χ4v) is 4.14. The lowest BCUT2D eigenvalue weighted by atomic mass is 10.2. The summed E-state index contributed by atoms with van der Waals surface area (Å²) in [6.07, 6.45) is 2.22. The van der Waals surface area contributed by atoms with Crippen LogP contribution in [0.5, 0.6) is 11.5 Å². The summed E-state index contributed by atoms with van der Waals surface area (Å²) in [5.41, 5.74) is 1.65. The van der Waals surface area contributed by atoms with Crippen molar-refractivity contribution in [2.24, 2.45) is 0 Å². The number of hydrogen-bond acceptors (Lipinski definition) is 7. The van der Waals surface area contributed by atoms with Crippen LogP contribution in [-0.2, 0) is 11.3 Å². The maximum absolute atomic E-state index is 12.3. The molecule has 9 nitrogen and oxygen atoms in total. The van der Waals surface area contributed by atoms with Crippen molar-refractivity contribution in [2.45, 2.75) is 30.5 Å². The number of aromatic nitrogens is 3. The van der Waals surface area contributed by atoms with E-state index in [-0.39, 0.29) is 12.5 Å². The van der Waals surface area contributed by atoms with E-state index in [2.05, 4.69) is 37.5 Å². The number of rotatable bonds is 7. The van der Waals surface area contributed by atoms with Crippen LogP contribution in [-0.4, -0.2) is 39.2 Å². The molecular weight excluding hydrogens is 430 g/mol. The third-order valence-electron chi connectivity index (χ3n) is 5.09. The highest BCUT2D eigenvalue weighted by Crippen LogP contribution is 2.40. The van der Waals surface area contributed by atoms with Gasteiger partial charge in [-0.2, -0.15) is 0 Å². The van der Waals surface area contributed by atoms with E-state index in [0.717, 1.165) is 24.2 Å². The predicted molar refractivity (Wildman–Crippen MR) is 118 cm³/mol. The van der Waals surface area contributed by atoms with Gasteiger partial charge in [0.1, 0.15) is 5.82 Å². The molecule has 0 radical (unpaired) electrons. The zero-order chi connectivity index (χ0) is 21.9. The van der Waals surface area contributed by atoms with Gasteiger partial charge in [0.25, 0.3) is 0 Å². The molecule has 0 unspecified atom stereocenters. The smallest absolute Gasteiger partial charge is 0.325 e. The lowest BCUT2D eigenvalue weighted by molar-refractivity contribution is -0.117. The molecule has 3 amide bonds. The van der Waals surface area contributed by atoms with Crippen molar-refractivity contribution in [1.29, 1.82) is 0 Å². The molecule has 164 valence electrons. The van der Waals surface area contributed by atoms with Crippen LogP contribution in [0.4, 0.5) is 10.5 Å². The Kier molecular flexibility index (Phi) is 5.68. The average molecular weight is 452 g/mol. The summed E-state index contributed by atoms with van der Waals surface area (Å²) in [6, 6.07) is 14.5. The van der Waals surface area contributed by atoms with E-state index >= 15 is 0 Å². The first kappa shape index (κ1) is 20.4. The molecule has 1 aliphatic carbocycles. The molecule has 2 aliphatic rings. The van der Waals surface area contributed by atoms with Gasteiger partial charge < -0.3 is 19.4 Å². The zero-order valence-electron chi connectivity index (χ0n) is 17.1. The molecule has 0 bridgehead atoms. The van der Waals surface area contributed by atoms with Gasteiger partial charge in [-0.05, 0) is 30.5 Å². The van der Waals surface area contributed by atoms with Gasteiger partial charge in [-0.3, -0.25) is 10.1 Å². The number of urea groups is 1. The van der Waals surface area contributed by atoms with Crippen LogP contribution < -0.4 is 20.1 Å². The number of imide groups is 1. The standard InChI is InChI=1S/C22H21N5O4S/c28-19(24-21(29)23-16-8-9-17-18(10-16)31-13-30-17)12-32-22-26-25-20(15-6-7-15)27(22)11-14-4-2-1-3-5-14/h1-5,8-10,15H,6-7,11-13H2,(H2,23,24,28,29). The minimum absolute atomic E-state index is 0.0478. The van der Waals surface area contributed by atoms with Crippen LogP contribution in [0.15, 0.2) is 53.7 Å². The Balaban J connectivity index is 1.18. The molecule has 1 aliphatic heterocycles. The van der Waals surface area contributed by atoms with E-state index in [1.165, 1.54) is 11.8 Å². The molecule has 1 saturated carbocycles. The van der Waals surface area contributed by atoms with Gasteiger partial charge in [-0.1, -0.05) is 42.1 Å². The number of carbonyl (C=O) groups excluding carboxylic acids is 2. The van der Waals surface area contributed by atoms with Gasteiger partial charge in [0, 0.05) is 17.7 Å². The Morgan fingerprint density at radius 3 is 2.69 bits per heavy atom. The highest BCUT2D eigenvalue weighted by atomic mass is 32.2. The number of anilines is 1. The molecule has 5 rings (SSSR count). The number of nitrogens with one attached hydrogen (secondary N) is 2. The number of ether oxygens (including phenoxy) is 2. The molecule has 2 heterocycles. The third-order valence-corrected chi connectivity index (χ3v) is 6.05. The first-order valence-corrected chi connectivity index (χ1v) is 11.2. The summed E-state index contributed by atoms with van der Waals surface area (Å²) >= 11 is 1.27. The summed E-state index contributed by atoms with van der Waals surface area (Å²) in [7, 11) is 0. The second-order valence-corrected chi connectivity index (χ2v) is 8.49. The van der Waals surface area contributed by atoms with Crippen LogP contribution in [0.3, 0.4) is 0 Å². The monoisotopic (exact) mass is 451 g/mol. The lowest BCUT2D eigenvalue weighted by Crippen LogP contribution is -2.35. The summed E-state index contributed by atoms with van der Waals surface area (Å²) in [4.78, 5) is 24.5. The number of fused-ring (bicyclic) bond motifs is 1. The van der Waals surface area contributed by atoms with E-state index in [0.29, 0.717) is 34.8 Å². The summed E-state index contributed by atoms with van der Waals surface area (Å²) in [5.74, 6) is 2.18. The minimum atomic E-state index is -0.612.